The second-order valence-electron chi connectivity index (χ2n) is 6.05. The van der Waals surface area contributed by atoms with Crippen LogP contribution in [0.3, 0.4) is 0 Å². The Balaban J connectivity index is 1.64. The van der Waals surface area contributed by atoms with Crippen LogP contribution in [0.5, 0.6) is 0 Å². The normalized spacial score (nSPS) is 11.8. The SMILES string of the molecule is CN(c1ncccc1CCc1ccnc(NCc2ccc(=O)[nH]n2)n1)S(C)=O. The molecule has 0 saturated heterocycles. The molecule has 0 bridgehead atoms. The molecule has 3 heterocycles. The standard InChI is InChI=1S/C18H21N7O2S/c1-25(28(2)27)17-13(4-3-10-19-17)5-6-14-9-11-20-18(22-14)21-12-15-7-8-16(26)24-23-15/h3-4,7-11H,5-6,12H2,1-2H3,(H,24,26)(H,20,21,22). The van der Waals surface area contributed by atoms with E-state index in [1.165, 1.54) is 6.07 Å². The number of aryl methyl sites for hydroxylation is 2. The summed E-state index contributed by atoms with van der Waals surface area (Å²) in [6.45, 7) is 0.403. The predicted octanol–water partition coefficient (Wildman–Crippen LogP) is 1.08. The summed E-state index contributed by atoms with van der Waals surface area (Å²) in [4.78, 5) is 24.1. The van der Waals surface area contributed by atoms with Gasteiger partial charge in [-0.05, 0) is 36.6 Å². The number of aromatic amines is 1. The van der Waals surface area contributed by atoms with E-state index in [4.69, 9.17) is 0 Å². The average Bonchev–Trinajstić information content (AvgIpc) is 2.72. The first-order chi connectivity index (χ1) is 13.5. The maximum atomic E-state index is 11.8. The molecule has 0 aromatic carbocycles. The molecule has 3 rings (SSSR count). The van der Waals surface area contributed by atoms with Gasteiger partial charge in [0.1, 0.15) is 16.8 Å². The minimum absolute atomic E-state index is 0.241. The van der Waals surface area contributed by atoms with Crippen molar-refractivity contribution in [2.24, 2.45) is 0 Å². The van der Waals surface area contributed by atoms with E-state index >= 15 is 0 Å². The van der Waals surface area contributed by atoms with Gasteiger partial charge >= 0.3 is 0 Å². The Morgan fingerprint density at radius 1 is 1.11 bits per heavy atom. The zero-order valence-electron chi connectivity index (χ0n) is 15.6. The predicted molar refractivity (Wildman–Crippen MR) is 108 cm³/mol. The van der Waals surface area contributed by atoms with Crippen molar-refractivity contribution in [2.75, 3.05) is 22.9 Å². The van der Waals surface area contributed by atoms with Crippen LogP contribution in [0.2, 0.25) is 0 Å². The monoisotopic (exact) mass is 399 g/mol. The second-order valence-corrected chi connectivity index (χ2v) is 7.44. The molecule has 0 aliphatic carbocycles. The van der Waals surface area contributed by atoms with Gasteiger partial charge in [-0.25, -0.2) is 24.3 Å². The number of nitrogens with zero attached hydrogens (tertiary/aromatic N) is 5. The van der Waals surface area contributed by atoms with Crippen molar-refractivity contribution in [2.45, 2.75) is 19.4 Å². The minimum atomic E-state index is -1.14. The zero-order valence-corrected chi connectivity index (χ0v) is 16.4. The van der Waals surface area contributed by atoms with Gasteiger partial charge in [-0.2, -0.15) is 5.10 Å². The summed E-state index contributed by atoms with van der Waals surface area (Å²) < 4.78 is 13.4. The van der Waals surface area contributed by atoms with Gasteiger partial charge in [-0.3, -0.25) is 9.10 Å². The third-order valence-corrected chi connectivity index (χ3v) is 5.02. The summed E-state index contributed by atoms with van der Waals surface area (Å²) in [6.07, 6.45) is 6.42. The van der Waals surface area contributed by atoms with Gasteiger partial charge in [0.15, 0.2) is 0 Å². The summed E-state index contributed by atoms with van der Waals surface area (Å²) in [5, 5.41) is 9.43. The Morgan fingerprint density at radius 2 is 1.96 bits per heavy atom. The van der Waals surface area contributed by atoms with Crippen LogP contribution in [0, 0.1) is 0 Å². The van der Waals surface area contributed by atoms with Crippen LogP contribution in [0.1, 0.15) is 17.0 Å². The van der Waals surface area contributed by atoms with Crippen LogP contribution >= 0.6 is 0 Å². The molecule has 0 amide bonds. The number of rotatable bonds is 8. The van der Waals surface area contributed by atoms with Gasteiger partial charge in [0.05, 0.1) is 12.2 Å². The Kier molecular flexibility index (Phi) is 6.43. The topological polar surface area (TPSA) is 117 Å². The van der Waals surface area contributed by atoms with E-state index in [0.29, 0.717) is 36.8 Å². The second kappa shape index (κ2) is 9.18. The van der Waals surface area contributed by atoms with Crippen LogP contribution in [-0.2, 0) is 30.4 Å². The number of H-pyrrole nitrogens is 1. The number of anilines is 2. The fourth-order valence-electron chi connectivity index (χ4n) is 2.56. The van der Waals surface area contributed by atoms with Crippen molar-refractivity contribution < 1.29 is 4.21 Å². The molecule has 0 fully saturated rings. The summed E-state index contributed by atoms with van der Waals surface area (Å²) in [5.74, 6) is 1.20. The molecule has 28 heavy (non-hydrogen) atoms. The van der Waals surface area contributed by atoms with E-state index in [1.807, 2.05) is 18.2 Å². The molecule has 146 valence electrons. The van der Waals surface area contributed by atoms with Crippen LogP contribution < -0.4 is 15.2 Å². The van der Waals surface area contributed by atoms with Crippen LogP contribution in [0.4, 0.5) is 11.8 Å². The highest BCUT2D eigenvalue weighted by atomic mass is 32.2. The maximum Gasteiger partial charge on any atom is 0.264 e. The number of pyridine rings is 1. The summed E-state index contributed by atoms with van der Waals surface area (Å²) in [5.41, 5.74) is 2.33. The highest BCUT2D eigenvalue weighted by Gasteiger charge is 2.11. The quantitative estimate of drug-likeness (QED) is 0.582. The highest BCUT2D eigenvalue weighted by Crippen LogP contribution is 2.19. The Hall–Kier alpha value is -3.14. The van der Waals surface area contributed by atoms with Crippen molar-refractivity contribution >= 4 is 22.8 Å². The largest absolute Gasteiger partial charge is 0.348 e. The Bertz CT molecular complexity index is 1000. The smallest absolute Gasteiger partial charge is 0.264 e. The van der Waals surface area contributed by atoms with Gasteiger partial charge in [0, 0.05) is 37.5 Å². The molecule has 1 unspecified atom stereocenters. The van der Waals surface area contributed by atoms with E-state index < -0.39 is 11.0 Å². The lowest BCUT2D eigenvalue weighted by Crippen LogP contribution is -2.21. The number of nitrogens with one attached hydrogen (secondary N) is 2. The molecule has 9 nitrogen and oxygen atoms in total. The van der Waals surface area contributed by atoms with Gasteiger partial charge in [-0.1, -0.05) is 6.07 Å². The van der Waals surface area contributed by atoms with Gasteiger partial charge in [0.25, 0.3) is 5.56 Å². The van der Waals surface area contributed by atoms with Crippen LogP contribution in [0.25, 0.3) is 0 Å². The molecule has 0 aliphatic heterocycles. The molecule has 3 aromatic rings. The van der Waals surface area contributed by atoms with Crippen molar-refractivity contribution in [3.8, 4) is 0 Å². The lowest BCUT2D eigenvalue weighted by Gasteiger charge is -2.17. The van der Waals surface area contributed by atoms with Crippen LogP contribution in [0.15, 0.2) is 47.5 Å². The van der Waals surface area contributed by atoms with Crippen molar-refractivity contribution in [3.05, 3.63) is 70.0 Å². The molecule has 2 N–H and O–H groups in total. The average molecular weight is 399 g/mol. The molecular formula is C18H21N7O2S. The van der Waals surface area contributed by atoms with E-state index in [1.54, 1.807) is 36.1 Å². The lowest BCUT2D eigenvalue weighted by molar-refractivity contribution is 0.685. The van der Waals surface area contributed by atoms with Gasteiger partial charge < -0.3 is 5.32 Å². The fraction of sp³-hybridized carbons (Fsp3) is 0.278. The Morgan fingerprint density at radius 3 is 2.71 bits per heavy atom. The zero-order chi connectivity index (χ0) is 19.9. The highest BCUT2D eigenvalue weighted by molar-refractivity contribution is 7.85. The summed E-state index contributed by atoms with van der Waals surface area (Å²) in [6, 6.07) is 8.78. The fourth-order valence-corrected chi connectivity index (χ4v) is 2.96. The van der Waals surface area contributed by atoms with Crippen LogP contribution in [-0.4, -0.2) is 42.7 Å². The van der Waals surface area contributed by atoms with E-state index in [0.717, 1.165) is 11.3 Å². The third kappa shape index (κ3) is 5.19. The first kappa shape index (κ1) is 19.6. The number of hydrogen-bond acceptors (Lipinski definition) is 7. The van der Waals surface area contributed by atoms with Crippen molar-refractivity contribution in [1.82, 2.24) is 25.1 Å². The number of hydrogen-bond donors (Lipinski definition) is 2. The molecule has 0 aliphatic rings. The molecule has 0 spiro atoms. The first-order valence-corrected chi connectivity index (χ1v) is 10.2. The molecule has 0 saturated carbocycles. The third-order valence-electron chi connectivity index (χ3n) is 4.08. The van der Waals surface area contributed by atoms with E-state index in [9.17, 15) is 9.00 Å². The van der Waals surface area contributed by atoms with E-state index in [2.05, 4.69) is 30.5 Å². The van der Waals surface area contributed by atoms with E-state index in [-0.39, 0.29) is 5.56 Å². The molecule has 3 aromatic heterocycles. The minimum Gasteiger partial charge on any atom is -0.348 e. The van der Waals surface area contributed by atoms with Gasteiger partial charge in [0.2, 0.25) is 5.95 Å². The number of aromatic nitrogens is 5. The van der Waals surface area contributed by atoms with Gasteiger partial charge in [-0.15, -0.1) is 0 Å². The molecule has 0 radical (unpaired) electrons. The molecule has 1 atom stereocenters. The first-order valence-electron chi connectivity index (χ1n) is 8.64. The summed E-state index contributed by atoms with van der Waals surface area (Å²) >= 11 is 0. The molecular weight excluding hydrogens is 378 g/mol. The maximum absolute atomic E-state index is 11.8. The van der Waals surface area contributed by atoms with Crippen molar-refractivity contribution in [1.29, 1.82) is 0 Å². The molecule has 10 heteroatoms. The van der Waals surface area contributed by atoms with Crippen molar-refractivity contribution in [3.63, 3.8) is 0 Å². The summed E-state index contributed by atoms with van der Waals surface area (Å²) in [7, 11) is 0.625. The lowest BCUT2D eigenvalue weighted by atomic mass is 10.1. The Labute approximate surface area is 164 Å².